The Bertz CT molecular complexity index is 528. The van der Waals surface area contributed by atoms with Crippen molar-refractivity contribution in [1.29, 1.82) is 0 Å². The highest BCUT2D eigenvalue weighted by molar-refractivity contribution is 5.71. The molecule has 24 heavy (non-hydrogen) atoms. The number of benzene rings is 1. The van der Waals surface area contributed by atoms with Gasteiger partial charge in [-0.3, -0.25) is 4.79 Å². The first-order valence-electron chi connectivity index (χ1n) is 8.97. The summed E-state index contributed by atoms with van der Waals surface area (Å²) >= 11 is 0. The Morgan fingerprint density at radius 2 is 1.62 bits per heavy atom. The monoisotopic (exact) mass is 334 g/mol. The summed E-state index contributed by atoms with van der Waals surface area (Å²) in [5.74, 6) is 0.588. The molecule has 4 heteroatoms. The summed E-state index contributed by atoms with van der Waals surface area (Å²) in [4.78, 5) is 13.5. The van der Waals surface area contributed by atoms with Gasteiger partial charge in [0, 0.05) is 13.1 Å². The lowest BCUT2D eigenvalue weighted by molar-refractivity contribution is -0.137. The van der Waals surface area contributed by atoms with E-state index in [0.29, 0.717) is 11.8 Å². The van der Waals surface area contributed by atoms with Crippen LogP contribution in [0.4, 0.5) is 11.4 Å². The molecule has 0 saturated carbocycles. The zero-order valence-electron chi connectivity index (χ0n) is 16.0. The van der Waals surface area contributed by atoms with Crippen LogP contribution in [0.15, 0.2) is 18.2 Å². The van der Waals surface area contributed by atoms with Crippen molar-refractivity contribution >= 4 is 17.3 Å². The molecule has 0 fully saturated rings. The third kappa shape index (κ3) is 6.06. The fourth-order valence-corrected chi connectivity index (χ4v) is 3.17. The van der Waals surface area contributed by atoms with Gasteiger partial charge in [0.05, 0.1) is 17.8 Å². The van der Waals surface area contributed by atoms with Crippen LogP contribution in [0.25, 0.3) is 0 Å². The van der Waals surface area contributed by atoms with Crippen molar-refractivity contribution in [2.24, 2.45) is 17.8 Å². The third-order valence-electron chi connectivity index (χ3n) is 4.19. The Kier molecular flexibility index (Phi) is 7.59. The largest absolute Gasteiger partial charge is 0.481 e. The molecular formula is C20H34N2O2. The van der Waals surface area contributed by atoms with E-state index >= 15 is 0 Å². The molecule has 0 heterocycles. The topological polar surface area (TPSA) is 66.6 Å². The number of nitrogen functional groups attached to an aromatic ring is 1. The van der Waals surface area contributed by atoms with Gasteiger partial charge in [-0.15, -0.1) is 0 Å². The molecule has 0 spiro atoms. The summed E-state index contributed by atoms with van der Waals surface area (Å²) in [6.07, 6.45) is 0.137. The van der Waals surface area contributed by atoms with Crippen LogP contribution in [0.5, 0.6) is 0 Å². The lowest BCUT2D eigenvalue weighted by Crippen LogP contribution is -2.32. The number of aliphatic carboxylic acids is 1. The van der Waals surface area contributed by atoms with E-state index in [-0.39, 0.29) is 18.3 Å². The van der Waals surface area contributed by atoms with Crippen molar-refractivity contribution in [3.63, 3.8) is 0 Å². The third-order valence-corrected chi connectivity index (χ3v) is 4.19. The maximum atomic E-state index is 11.2. The minimum absolute atomic E-state index is 0.0116. The van der Waals surface area contributed by atoms with Crippen molar-refractivity contribution < 1.29 is 9.90 Å². The number of hydrogen-bond acceptors (Lipinski definition) is 3. The van der Waals surface area contributed by atoms with Crippen LogP contribution in [0.2, 0.25) is 0 Å². The first kappa shape index (κ1) is 20.3. The second-order valence-electron chi connectivity index (χ2n) is 7.96. The molecule has 0 aromatic heterocycles. The van der Waals surface area contributed by atoms with Crippen LogP contribution in [-0.2, 0) is 4.79 Å². The molecule has 0 aliphatic carbocycles. The highest BCUT2D eigenvalue weighted by Gasteiger charge is 2.21. The Hall–Kier alpha value is -1.71. The quantitative estimate of drug-likeness (QED) is 0.648. The number of nitrogens with two attached hydrogens (primary N) is 1. The van der Waals surface area contributed by atoms with Crippen molar-refractivity contribution in [3.8, 4) is 0 Å². The number of carboxylic acid groups (broad SMARTS) is 1. The number of hydrogen-bond donors (Lipinski definition) is 2. The number of carbonyl (C=O) groups is 1. The van der Waals surface area contributed by atoms with Crippen molar-refractivity contribution in [3.05, 3.63) is 23.8 Å². The minimum atomic E-state index is -0.766. The molecule has 4 nitrogen and oxygen atoms in total. The first-order valence-corrected chi connectivity index (χ1v) is 8.97. The smallest absolute Gasteiger partial charge is 0.303 e. The molecule has 0 radical (unpaired) electrons. The predicted octanol–water partition coefficient (Wildman–Crippen LogP) is 4.60. The van der Waals surface area contributed by atoms with Crippen LogP contribution < -0.4 is 10.6 Å². The predicted molar refractivity (Wildman–Crippen MR) is 103 cm³/mol. The molecular weight excluding hydrogens is 300 g/mol. The highest BCUT2D eigenvalue weighted by atomic mass is 16.4. The summed E-state index contributed by atoms with van der Waals surface area (Å²) in [7, 11) is 0. The van der Waals surface area contributed by atoms with Gasteiger partial charge in [-0.1, -0.05) is 47.6 Å². The van der Waals surface area contributed by atoms with Crippen LogP contribution >= 0.6 is 0 Å². The molecule has 1 atom stereocenters. The summed E-state index contributed by atoms with van der Waals surface area (Å²) < 4.78 is 0. The Labute approximate surface area is 147 Å². The van der Waals surface area contributed by atoms with Crippen molar-refractivity contribution in [2.75, 3.05) is 23.7 Å². The second-order valence-corrected chi connectivity index (χ2v) is 7.96. The summed E-state index contributed by atoms with van der Waals surface area (Å²) in [6, 6.07) is 6.08. The molecule has 0 aliphatic heterocycles. The van der Waals surface area contributed by atoms with E-state index in [1.165, 1.54) is 0 Å². The molecule has 3 N–H and O–H groups in total. The normalized spacial score (nSPS) is 12.9. The fourth-order valence-electron chi connectivity index (χ4n) is 3.17. The standard InChI is InChI=1S/C20H34N2O2/c1-13(2)11-22(12-14(3)4)19-8-7-16(9-18(19)21)17(15(5)6)10-20(23)24/h7-9,13-15,17H,10-12,21H2,1-6H3,(H,23,24). The van der Waals surface area contributed by atoms with E-state index in [0.717, 1.165) is 30.0 Å². The van der Waals surface area contributed by atoms with E-state index in [1.807, 2.05) is 12.1 Å². The van der Waals surface area contributed by atoms with Crippen molar-refractivity contribution in [2.45, 2.75) is 53.9 Å². The lowest BCUT2D eigenvalue weighted by Gasteiger charge is -2.30. The van der Waals surface area contributed by atoms with E-state index in [1.54, 1.807) is 0 Å². The average molecular weight is 335 g/mol. The van der Waals surface area contributed by atoms with Gasteiger partial charge in [0.1, 0.15) is 0 Å². The van der Waals surface area contributed by atoms with E-state index in [4.69, 9.17) is 10.8 Å². The maximum absolute atomic E-state index is 11.2. The Balaban J connectivity index is 3.13. The van der Waals surface area contributed by atoms with Crippen molar-refractivity contribution in [1.82, 2.24) is 0 Å². The highest BCUT2D eigenvalue weighted by Crippen LogP contribution is 2.33. The van der Waals surface area contributed by atoms with Gasteiger partial charge in [0.25, 0.3) is 0 Å². The SMILES string of the molecule is CC(C)CN(CC(C)C)c1ccc(C(CC(=O)O)C(C)C)cc1N. The van der Waals surface area contributed by atoms with E-state index in [9.17, 15) is 4.79 Å². The molecule has 1 aromatic carbocycles. The molecule has 1 aromatic rings. The zero-order chi connectivity index (χ0) is 18.4. The molecule has 0 aliphatic rings. The number of carboxylic acids is 1. The van der Waals surface area contributed by atoms with Crippen LogP contribution in [0.3, 0.4) is 0 Å². The van der Waals surface area contributed by atoms with Crippen LogP contribution in [0, 0.1) is 17.8 Å². The zero-order valence-corrected chi connectivity index (χ0v) is 16.0. The number of rotatable bonds is 9. The van der Waals surface area contributed by atoms with Crippen LogP contribution in [-0.4, -0.2) is 24.2 Å². The molecule has 0 saturated heterocycles. The van der Waals surface area contributed by atoms with E-state index < -0.39 is 5.97 Å². The number of anilines is 2. The molecule has 0 amide bonds. The second kappa shape index (κ2) is 8.95. The molecule has 1 unspecified atom stereocenters. The van der Waals surface area contributed by atoms with Gasteiger partial charge in [-0.2, -0.15) is 0 Å². The maximum Gasteiger partial charge on any atom is 0.303 e. The molecule has 1 rings (SSSR count). The van der Waals surface area contributed by atoms with E-state index in [2.05, 4.69) is 52.5 Å². The average Bonchev–Trinajstić information content (AvgIpc) is 2.42. The van der Waals surface area contributed by atoms with Gasteiger partial charge < -0.3 is 15.7 Å². The van der Waals surface area contributed by atoms with Gasteiger partial charge >= 0.3 is 5.97 Å². The number of nitrogens with zero attached hydrogens (tertiary/aromatic N) is 1. The first-order chi connectivity index (χ1) is 11.1. The van der Waals surface area contributed by atoms with Gasteiger partial charge in [-0.05, 0) is 41.4 Å². The summed E-state index contributed by atoms with van der Waals surface area (Å²) in [5, 5.41) is 9.16. The Morgan fingerprint density at radius 3 is 2.00 bits per heavy atom. The lowest BCUT2D eigenvalue weighted by atomic mass is 9.85. The Morgan fingerprint density at radius 1 is 1.08 bits per heavy atom. The molecule has 0 bridgehead atoms. The van der Waals surface area contributed by atoms with Crippen LogP contribution in [0.1, 0.15) is 59.4 Å². The van der Waals surface area contributed by atoms with Gasteiger partial charge in [-0.25, -0.2) is 0 Å². The minimum Gasteiger partial charge on any atom is -0.481 e. The fraction of sp³-hybridized carbons (Fsp3) is 0.650. The summed E-state index contributed by atoms with van der Waals surface area (Å²) in [5.41, 5.74) is 9.16. The van der Waals surface area contributed by atoms with Gasteiger partial charge in [0.2, 0.25) is 0 Å². The summed E-state index contributed by atoms with van der Waals surface area (Å²) in [6.45, 7) is 14.9. The molecule has 136 valence electrons. The van der Waals surface area contributed by atoms with Gasteiger partial charge in [0.15, 0.2) is 0 Å².